The van der Waals surface area contributed by atoms with Crippen molar-refractivity contribution in [3.05, 3.63) is 35.7 Å². The van der Waals surface area contributed by atoms with Gasteiger partial charge in [-0.3, -0.25) is 9.58 Å². The van der Waals surface area contributed by atoms with Crippen LogP contribution < -0.4 is 0 Å². The molecule has 0 N–H and O–H groups in total. The van der Waals surface area contributed by atoms with Crippen LogP contribution in [-0.2, 0) is 13.1 Å². The molecule has 0 amide bonds. The lowest BCUT2D eigenvalue weighted by Crippen LogP contribution is -2.26. The zero-order valence-corrected chi connectivity index (χ0v) is 14.7. The summed E-state index contributed by atoms with van der Waals surface area (Å²) in [5.41, 5.74) is 3.68. The SMILES string of the molecule is Cc1cc(C)n(CCN(C)Cc2cncn2C2CCCCC2)n1. The van der Waals surface area contributed by atoms with E-state index in [1.165, 1.54) is 43.5 Å². The van der Waals surface area contributed by atoms with Crippen LogP contribution >= 0.6 is 0 Å². The maximum Gasteiger partial charge on any atom is 0.0951 e. The Morgan fingerprint density at radius 3 is 2.70 bits per heavy atom. The van der Waals surface area contributed by atoms with Crippen LogP contribution in [0.2, 0.25) is 0 Å². The number of rotatable bonds is 6. The van der Waals surface area contributed by atoms with Gasteiger partial charge in [0.15, 0.2) is 0 Å². The van der Waals surface area contributed by atoms with Gasteiger partial charge in [0.2, 0.25) is 0 Å². The Balaban J connectivity index is 1.56. The summed E-state index contributed by atoms with van der Waals surface area (Å²) in [5, 5.41) is 4.54. The van der Waals surface area contributed by atoms with Crippen LogP contribution in [0.1, 0.15) is 55.2 Å². The van der Waals surface area contributed by atoms with Gasteiger partial charge in [0.25, 0.3) is 0 Å². The molecule has 2 heterocycles. The van der Waals surface area contributed by atoms with Crippen LogP contribution in [-0.4, -0.2) is 37.8 Å². The third kappa shape index (κ3) is 4.02. The number of aromatic nitrogens is 4. The third-order valence-electron chi connectivity index (χ3n) is 4.94. The number of hydrogen-bond donors (Lipinski definition) is 0. The summed E-state index contributed by atoms with van der Waals surface area (Å²) in [6, 6.07) is 2.80. The summed E-state index contributed by atoms with van der Waals surface area (Å²) in [7, 11) is 2.18. The van der Waals surface area contributed by atoms with E-state index in [4.69, 9.17) is 0 Å². The molecule has 1 fully saturated rings. The highest BCUT2D eigenvalue weighted by atomic mass is 15.3. The fourth-order valence-corrected chi connectivity index (χ4v) is 3.66. The standard InChI is InChI=1S/C18H29N5/c1-15-11-16(2)23(20-15)10-9-21(3)13-18-12-19-14-22(18)17-7-5-4-6-8-17/h11-12,14,17H,4-10,13H2,1-3H3. The maximum atomic E-state index is 4.54. The predicted molar refractivity (Wildman–Crippen MR) is 92.4 cm³/mol. The van der Waals surface area contributed by atoms with Crippen LogP contribution in [0.15, 0.2) is 18.6 Å². The molecular formula is C18H29N5. The molecule has 2 aromatic rings. The Morgan fingerprint density at radius 2 is 2.00 bits per heavy atom. The zero-order chi connectivity index (χ0) is 16.2. The Hall–Kier alpha value is -1.62. The van der Waals surface area contributed by atoms with Gasteiger partial charge in [-0.05, 0) is 39.8 Å². The fourth-order valence-electron chi connectivity index (χ4n) is 3.66. The second kappa shape index (κ2) is 7.30. The van der Waals surface area contributed by atoms with E-state index in [0.29, 0.717) is 6.04 Å². The van der Waals surface area contributed by atoms with Crippen molar-refractivity contribution >= 4 is 0 Å². The maximum absolute atomic E-state index is 4.54. The quantitative estimate of drug-likeness (QED) is 0.821. The molecule has 5 heteroatoms. The Kier molecular flexibility index (Phi) is 5.16. The molecule has 0 spiro atoms. The van der Waals surface area contributed by atoms with E-state index in [1.807, 2.05) is 12.5 Å². The first-order valence-corrected chi connectivity index (χ1v) is 8.84. The highest BCUT2D eigenvalue weighted by Crippen LogP contribution is 2.29. The van der Waals surface area contributed by atoms with E-state index in [9.17, 15) is 0 Å². The van der Waals surface area contributed by atoms with Crippen molar-refractivity contribution in [3.63, 3.8) is 0 Å². The molecule has 2 aromatic heterocycles. The van der Waals surface area contributed by atoms with Crippen molar-refractivity contribution in [3.8, 4) is 0 Å². The molecule has 126 valence electrons. The molecule has 1 saturated carbocycles. The van der Waals surface area contributed by atoms with Crippen LogP contribution in [0.3, 0.4) is 0 Å². The second-order valence-corrected chi connectivity index (χ2v) is 6.97. The van der Waals surface area contributed by atoms with Gasteiger partial charge < -0.3 is 4.57 Å². The first-order chi connectivity index (χ1) is 11.1. The minimum Gasteiger partial charge on any atom is -0.330 e. The number of imidazole rings is 1. The largest absolute Gasteiger partial charge is 0.330 e. The van der Waals surface area contributed by atoms with Gasteiger partial charge in [-0.15, -0.1) is 0 Å². The smallest absolute Gasteiger partial charge is 0.0951 e. The molecule has 23 heavy (non-hydrogen) atoms. The number of hydrogen-bond acceptors (Lipinski definition) is 3. The number of aryl methyl sites for hydroxylation is 2. The molecule has 0 bridgehead atoms. The average Bonchev–Trinajstić information content (AvgIpc) is 3.12. The van der Waals surface area contributed by atoms with Gasteiger partial charge in [0.05, 0.1) is 24.3 Å². The first kappa shape index (κ1) is 16.2. The van der Waals surface area contributed by atoms with Gasteiger partial charge in [-0.2, -0.15) is 5.10 Å². The number of nitrogens with zero attached hydrogens (tertiary/aromatic N) is 5. The highest BCUT2D eigenvalue weighted by Gasteiger charge is 2.18. The lowest BCUT2D eigenvalue weighted by molar-refractivity contribution is 0.282. The molecule has 5 nitrogen and oxygen atoms in total. The molecule has 0 saturated heterocycles. The van der Waals surface area contributed by atoms with Crippen molar-refractivity contribution < 1.29 is 0 Å². The molecular weight excluding hydrogens is 286 g/mol. The van der Waals surface area contributed by atoms with Crippen LogP contribution in [0, 0.1) is 13.8 Å². The minimum atomic E-state index is 0.658. The van der Waals surface area contributed by atoms with Crippen LogP contribution in [0.4, 0.5) is 0 Å². The van der Waals surface area contributed by atoms with E-state index in [2.05, 4.69) is 51.2 Å². The third-order valence-corrected chi connectivity index (χ3v) is 4.94. The van der Waals surface area contributed by atoms with E-state index < -0.39 is 0 Å². The van der Waals surface area contributed by atoms with Crippen molar-refractivity contribution in [2.75, 3.05) is 13.6 Å². The summed E-state index contributed by atoms with van der Waals surface area (Å²) in [4.78, 5) is 6.77. The summed E-state index contributed by atoms with van der Waals surface area (Å²) in [6.07, 6.45) is 10.8. The molecule has 1 aliphatic rings. The second-order valence-electron chi connectivity index (χ2n) is 6.97. The van der Waals surface area contributed by atoms with E-state index in [1.54, 1.807) is 0 Å². The lowest BCUT2D eigenvalue weighted by atomic mass is 9.95. The predicted octanol–water partition coefficient (Wildman–Crippen LogP) is 3.33. The van der Waals surface area contributed by atoms with Gasteiger partial charge in [0, 0.05) is 31.0 Å². The minimum absolute atomic E-state index is 0.658. The van der Waals surface area contributed by atoms with Gasteiger partial charge in [-0.25, -0.2) is 4.98 Å². The molecule has 0 aliphatic heterocycles. The summed E-state index contributed by atoms with van der Waals surface area (Å²) >= 11 is 0. The Bertz CT molecular complexity index is 621. The van der Waals surface area contributed by atoms with Crippen molar-refractivity contribution in [2.45, 2.75) is 65.1 Å². The first-order valence-electron chi connectivity index (χ1n) is 8.84. The van der Waals surface area contributed by atoms with Crippen molar-refractivity contribution in [2.24, 2.45) is 0 Å². The van der Waals surface area contributed by atoms with E-state index >= 15 is 0 Å². The van der Waals surface area contributed by atoms with Crippen molar-refractivity contribution in [1.82, 2.24) is 24.2 Å². The highest BCUT2D eigenvalue weighted by molar-refractivity contribution is 5.06. The van der Waals surface area contributed by atoms with Crippen LogP contribution in [0.25, 0.3) is 0 Å². The van der Waals surface area contributed by atoms with E-state index in [0.717, 1.165) is 25.3 Å². The van der Waals surface area contributed by atoms with Gasteiger partial charge in [0.1, 0.15) is 0 Å². The molecule has 3 rings (SSSR count). The molecule has 0 radical (unpaired) electrons. The average molecular weight is 315 g/mol. The normalized spacial score (nSPS) is 16.3. The Morgan fingerprint density at radius 1 is 1.22 bits per heavy atom. The fraction of sp³-hybridized carbons (Fsp3) is 0.667. The monoisotopic (exact) mass is 315 g/mol. The van der Waals surface area contributed by atoms with Gasteiger partial charge >= 0.3 is 0 Å². The molecule has 0 aromatic carbocycles. The van der Waals surface area contributed by atoms with E-state index in [-0.39, 0.29) is 0 Å². The summed E-state index contributed by atoms with van der Waals surface area (Å²) in [5.74, 6) is 0. The summed E-state index contributed by atoms with van der Waals surface area (Å²) in [6.45, 7) is 7.06. The van der Waals surface area contributed by atoms with Gasteiger partial charge in [-0.1, -0.05) is 19.3 Å². The summed E-state index contributed by atoms with van der Waals surface area (Å²) < 4.78 is 4.52. The van der Waals surface area contributed by atoms with Crippen LogP contribution in [0.5, 0.6) is 0 Å². The van der Waals surface area contributed by atoms with Crippen molar-refractivity contribution in [1.29, 1.82) is 0 Å². The molecule has 0 atom stereocenters. The lowest BCUT2D eigenvalue weighted by Gasteiger charge is -2.26. The number of likely N-dealkylation sites (N-methyl/N-ethyl adjacent to an activating group) is 1. The zero-order valence-electron chi connectivity index (χ0n) is 14.7. The molecule has 1 aliphatic carbocycles. The molecule has 0 unspecified atom stereocenters. The Labute approximate surface area is 139 Å². The topological polar surface area (TPSA) is 38.9 Å².